The summed E-state index contributed by atoms with van der Waals surface area (Å²) in [6, 6.07) is -0.686. The molecule has 0 heterocycles. The Kier molecular flexibility index (Phi) is 3.53. The van der Waals surface area contributed by atoms with Gasteiger partial charge in [0.05, 0.1) is 0 Å². The highest BCUT2D eigenvalue weighted by Crippen LogP contribution is 2.50. The first-order chi connectivity index (χ1) is 6.52. The minimum atomic E-state index is -0.873. The van der Waals surface area contributed by atoms with Gasteiger partial charge in [-0.2, -0.15) is 0 Å². The van der Waals surface area contributed by atoms with Crippen molar-refractivity contribution < 1.29 is 9.90 Å². The second-order valence-electron chi connectivity index (χ2n) is 4.65. The normalized spacial score (nSPS) is 23.6. The Morgan fingerprint density at radius 3 is 2.43 bits per heavy atom. The monoisotopic (exact) mass is 199 g/mol. The summed E-state index contributed by atoms with van der Waals surface area (Å²) < 4.78 is 0. The van der Waals surface area contributed by atoms with E-state index in [4.69, 9.17) is 10.8 Å². The maximum absolute atomic E-state index is 10.6. The van der Waals surface area contributed by atoms with Gasteiger partial charge in [-0.3, -0.25) is 4.79 Å². The SMILES string of the molecule is CCC1(C(C)CC(N)C(=O)O)CCC1. The van der Waals surface area contributed by atoms with Crippen LogP contribution in [0.3, 0.4) is 0 Å². The largest absolute Gasteiger partial charge is 0.480 e. The molecule has 3 heteroatoms. The second-order valence-corrected chi connectivity index (χ2v) is 4.65. The second kappa shape index (κ2) is 4.30. The number of aliphatic carboxylic acids is 1. The summed E-state index contributed by atoms with van der Waals surface area (Å²) in [4.78, 5) is 10.6. The fourth-order valence-corrected chi connectivity index (χ4v) is 2.56. The van der Waals surface area contributed by atoms with E-state index in [1.54, 1.807) is 0 Å². The van der Waals surface area contributed by atoms with E-state index < -0.39 is 12.0 Å². The Morgan fingerprint density at radius 2 is 2.14 bits per heavy atom. The Bertz CT molecular complexity index is 206. The zero-order valence-electron chi connectivity index (χ0n) is 9.12. The fraction of sp³-hybridized carbons (Fsp3) is 0.909. The number of carbonyl (C=O) groups is 1. The third kappa shape index (κ3) is 2.08. The van der Waals surface area contributed by atoms with Gasteiger partial charge < -0.3 is 10.8 Å². The standard InChI is InChI=1S/C11H21NO2/c1-3-11(5-4-6-11)8(2)7-9(12)10(13)14/h8-9H,3-7,12H2,1-2H3,(H,13,14). The van der Waals surface area contributed by atoms with Crippen LogP contribution in [-0.2, 0) is 4.79 Å². The number of carboxylic acid groups (broad SMARTS) is 1. The number of hydrogen-bond donors (Lipinski definition) is 2. The Balaban J connectivity index is 2.48. The van der Waals surface area contributed by atoms with Crippen LogP contribution in [0.1, 0.15) is 46.0 Å². The van der Waals surface area contributed by atoms with E-state index in [1.807, 2.05) is 0 Å². The average Bonchev–Trinajstić information content (AvgIpc) is 2.02. The van der Waals surface area contributed by atoms with Crippen LogP contribution in [0.2, 0.25) is 0 Å². The third-order valence-corrected chi connectivity index (χ3v) is 4.02. The molecule has 0 saturated heterocycles. The van der Waals surface area contributed by atoms with E-state index in [0.29, 0.717) is 17.8 Å². The Morgan fingerprint density at radius 1 is 1.57 bits per heavy atom. The molecule has 1 aliphatic rings. The first kappa shape index (κ1) is 11.5. The van der Waals surface area contributed by atoms with Crippen molar-refractivity contribution in [2.24, 2.45) is 17.1 Å². The van der Waals surface area contributed by atoms with E-state index in [1.165, 1.54) is 19.3 Å². The van der Waals surface area contributed by atoms with Crippen molar-refractivity contribution in [2.45, 2.75) is 52.0 Å². The smallest absolute Gasteiger partial charge is 0.320 e. The van der Waals surface area contributed by atoms with Gasteiger partial charge in [-0.25, -0.2) is 0 Å². The maximum atomic E-state index is 10.6. The highest BCUT2D eigenvalue weighted by Gasteiger charge is 2.40. The number of hydrogen-bond acceptors (Lipinski definition) is 2. The molecule has 1 aliphatic carbocycles. The number of nitrogens with two attached hydrogens (primary N) is 1. The van der Waals surface area contributed by atoms with Gasteiger partial charge in [0.2, 0.25) is 0 Å². The summed E-state index contributed by atoms with van der Waals surface area (Å²) >= 11 is 0. The number of rotatable bonds is 5. The molecular formula is C11H21NO2. The summed E-state index contributed by atoms with van der Waals surface area (Å²) in [7, 11) is 0. The molecule has 0 aromatic heterocycles. The molecule has 0 aromatic carbocycles. The van der Waals surface area contributed by atoms with Crippen LogP contribution in [0, 0.1) is 11.3 Å². The Hall–Kier alpha value is -0.570. The highest BCUT2D eigenvalue weighted by atomic mass is 16.4. The van der Waals surface area contributed by atoms with Crippen LogP contribution in [-0.4, -0.2) is 17.1 Å². The minimum absolute atomic E-state index is 0.396. The molecule has 0 aliphatic heterocycles. The average molecular weight is 199 g/mol. The van der Waals surface area contributed by atoms with Gasteiger partial charge in [0.15, 0.2) is 0 Å². The van der Waals surface area contributed by atoms with E-state index in [2.05, 4.69) is 13.8 Å². The van der Waals surface area contributed by atoms with Crippen molar-refractivity contribution >= 4 is 5.97 Å². The molecule has 0 aromatic rings. The molecule has 1 fully saturated rings. The van der Waals surface area contributed by atoms with Crippen molar-refractivity contribution in [2.75, 3.05) is 0 Å². The summed E-state index contributed by atoms with van der Waals surface area (Å²) in [5.41, 5.74) is 5.94. The lowest BCUT2D eigenvalue weighted by Gasteiger charge is -2.47. The molecule has 1 saturated carbocycles. The van der Waals surface area contributed by atoms with Gasteiger partial charge in [0.25, 0.3) is 0 Å². The van der Waals surface area contributed by atoms with E-state index in [0.717, 1.165) is 6.42 Å². The fourth-order valence-electron chi connectivity index (χ4n) is 2.56. The van der Waals surface area contributed by atoms with Crippen LogP contribution in [0.25, 0.3) is 0 Å². The number of carboxylic acids is 1. The topological polar surface area (TPSA) is 63.3 Å². The molecule has 0 radical (unpaired) electrons. The summed E-state index contributed by atoms with van der Waals surface area (Å²) in [6.07, 6.45) is 5.55. The van der Waals surface area contributed by atoms with Crippen molar-refractivity contribution in [1.82, 2.24) is 0 Å². The lowest BCUT2D eigenvalue weighted by Crippen LogP contribution is -2.41. The van der Waals surface area contributed by atoms with Gasteiger partial charge in [-0.05, 0) is 30.6 Å². The van der Waals surface area contributed by atoms with Crippen molar-refractivity contribution in [1.29, 1.82) is 0 Å². The summed E-state index contributed by atoms with van der Waals surface area (Å²) in [6.45, 7) is 4.34. The van der Waals surface area contributed by atoms with Crippen molar-refractivity contribution in [3.8, 4) is 0 Å². The first-order valence-electron chi connectivity index (χ1n) is 5.50. The molecule has 0 amide bonds. The van der Waals surface area contributed by atoms with Gasteiger partial charge in [-0.1, -0.05) is 26.7 Å². The van der Waals surface area contributed by atoms with Crippen LogP contribution in [0.5, 0.6) is 0 Å². The molecule has 2 atom stereocenters. The Labute approximate surface area is 85.7 Å². The molecule has 0 bridgehead atoms. The van der Waals surface area contributed by atoms with E-state index in [9.17, 15) is 4.79 Å². The lowest BCUT2D eigenvalue weighted by atomic mass is 9.59. The molecular weight excluding hydrogens is 178 g/mol. The summed E-state index contributed by atoms with van der Waals surface area (Å²) in [5.74, 6) is -0.435. The van der Waals surface area contributed by atoms with Crippen LogP contribution in [0.15, 0.2) is 0 Å². The molecule has 3 nitrogen and oxygen atoms in total. The van der Waals surface area contributed by atoms with Crippen molar-refractivity contribution in [3.63, 3.8) is 0 Å². The quantitative estimate of drug-likeness (QED) is 0.712. The van der Waals surface area contributed by atoms with Crippen molar-refractivity contribution in [3.05, 3.63) is 0 Å². The first-order valence-corrected chi connectivity index (χ1v) is 5.50. The summed E-state index contributed by atoms with van der Waals surface area (Å²) in [5, 5.41) is 8.74. The van der Waals surface area contributed by atoms with Crippen LogP contribution >= 0.6 is 0 Å². The lowest BCUT2D eigenvalue weighted by molar-refractivity contribution is -0.139. The van der Waals surface area contributed by atoms with E-state index in [-0.39, 0.29) is 0 Å². The van der Waals surface area contributed by atoms with Gasteiger partial charge >= 0.3 is 5.97 Å². The molecule has 0 spiro atoms. The van der Waals surface area contributed by atoms with Crippen LogP contribution < -0.4 is 5.73 Å². The van der Waals surface area contributed by atoms with Gasteiger partial charge in [0.1, 0.15) is 6.04 Å². The molecule has 14 heavy (non-hydrogen) atoms. The zero-order valence-corrected chi connectivity index (χ0v) is 9.12. The third-order valence-electron chi connectivity index (χ3n) is 4.02. The maximum Gasteiger partial charge on any atom is 0.320 e. The minimum Gasteiger partial charge on any atom is -0.480 e. The molecule has 3 N–H and O–H groups in total. The molecule has 82 valence electrons. The van der Waals surface area contributed by atoms with Gasteiger partial charge in [-0.15, -0.1) is 0 Å². The molecule has 1 rings (SSSR count). The predicted octanol–water partition coefficient (Wildman–Crippen LogP) is 2.00. The predicted molar refractivity (Wildman–Crippen MR) is 56.0 cm³/mol. The van der Waals surface area contributed by atoms with Crippen LogP contribution in [0.4, 0.5) is 0 Å². The zero-order chi connectivity index (χ0) is 10.8. The van der Waals surface area contributed by atoms with E-state index >= 15 is 0 Å². The van der Waals surface area contributed by atoms with Gasteiger partial charge in [0, 0.05) is 0 Å². The molecule has 2 unspecified atom stereocenters. The highest BCUT2D eigenvalue weighted by molar-refractivity contribution is 5.73.